The number of anilines is 1. The first kappa shape index (κ1) is 14.3. The summed E-state index contributed by atoms with van der Waals surface area (Å²) in [7, 11) is 0. The number of aromatic nitrogens is 1. The Morgan fingerprint density at radius 2 is 1.89 bits per heavy atom. The first-order valence-corrected chi connectivity index (χ1v) is 7.24. The fourth-order valence-corrected chi connectivity index (χ4v) is 3.07. The van der Waals surface area contributed by atoms with Crippen molar-refractivity contribution in [1.29, 1.82) is 0 Å². The van der Waals surface area contributed by atoms with E-state index < -0.39 is 0 Å². The molecule has 0 amide bonds. The van der Waals surface area contributed by atoms with Crippen LogP contribution < -0.4 is 11.3 Å². The van der Waals surface area contributed by atoms with Crippen LogP contribution in [-0.2, 0) is 0 Å². The fourth-order valence-electron chi connectivity index (χ4n) is 2.75. The Morgan fingerprint density at radius 3 is 2.42 bits per heavy atom. The van der Waals surface area contributed by atoms with Gasteiger partial charge in [0.1, 0.15) is 0 Å². The molecular formula is C15H20BrN3. The Balaban J connectivity index is 3.00. The number of hydrogen-bond donors (Lipinski definition) is 2. The van der Waals surface area contributed by atoms with Crippen molar-refractivity contribution in [3.8, 4) is 0 Å². The third-order valence-corrected chi connectivity index (χ3v) is 4.80. The molecule has 3 N–H and O–H groups in total. The van der Waals surface area contributed by atoms with Gasteiger partial charge in [-0.25, -0.2) is 0 Å². The predicted octanol–water partition coefficient (Wildman–Crippen LogP) is 4.33. The summed E-state index contributed by atoms with van der Waals surface area (Å²) in [4.78, 5) is 4.75. The second-order valence-electron chi connectivity index (χ2n) is 5.31. The number of halogens is 1. The van der Waals surface area contributed by atoms with Gasteiger partial charge in [0, 0.05) is 21.1 Å². The molecule has 0 atom stereocenters. The van der Waals surface area contributed by atoms with Crippen molar-refractivity contribution in [1.82, 2.24) is 4.98 Å². The van der Waals surface area contributed by atoms with Crippen molar-refractivity contribution in [2.24, 2.45) is 5.84 Å². The lowest BCUT2D eigenvalue weighted by Crippen LogP contribution is -2.13. The van der Waals surface area contributed by atoms with Crippen molar-refractivity contribution >= 4 is 32.5 Å². The highest BCUT2D eigenvalue weighted by Gasteiger charge is 2.18. The van der Waals surface area contributed by atoms with Crippen LogP contribution in [-0.4, -0.2) is 4.98 Å². The van der Waals surface area contributed by atoms with Crippen molar-refractivity contribution in [3.05, 3.63) is 32.9 Å². The number of rotatable bonds is 2. The molecule has 0 saturated carbocycles. The molecule has 4 heteroatoms. The highest BCUT2D eigenvalue weighted by atomic mass is 79.9. The number of benzene rings is 1. The summed E-state index contributed by atoms with van der Waals surface area (Å²) in [5.41, 5.74) is 9.47. The third-order valence-electron chi connectivity index (χ3n) is 3.58. The molecule has 0 bridgehead atoms. The van der Waals surface area contributed by atoms with Gasteiger partial charge < -0.3 is 5.43 Å². The average molecular weight is 322 g/mol. The van der Waals surface area contributed by atoms with E-state index in [-0.39, 0.29) is 0 Å². The Bertz CT molecular complexity index is 648. The largest absolute Gasteiger partial charge is 0.323 e. The molecule has 0 spiro atoms. The predicted molar refractivity (Wildman–Crippen MR) is 85.6 cm³/mol. The summed E-state index contributed by atoms with van der Waals surface area (Å²) < 4.78 is 1.12. The van der Waals surface area contributed by atoms with E-state index in [1.807, 2.05) is 6.92 Å². The molecule has 3 nitrogen and oxygen atoms in total. The normalized spacial score (nSPS) is 11.4. The van der Waals surface area contributed by atoms with E-state index in [1.54, 1.807) is 0 Å². The zero-order valence-corrected chi connectivity index (χ0v) is 13.6. The number of fused-ring (bicyclic) bond motifs is 1. The van der Waals surface area contributed by atoms with Crippen LogP contribution in [0.25, 0.3) is 10.9 Å². The lowest BCUT2D eigenvalue weighted by molar-refractivity contribution is 0.848. The smallest absolute Gasteiger partial charge is 0.0732 e. The SMILES string of the molecule is Cc1cc2nc(C)c(C(C)C)c(NN)c2c(C)c1Br. The molecule has 2 aromatic rings. The minimum Gasteiger partial charge on any atom is -0.323 e. The summed E-state index contributed by atoms with van der Waals surface area (Å²) >= 11 is 3.65. The summed E-state index contributed by atoms with van der Waals surface area (Å²) in [6.07, 6.45) is 0. The van der Waals surface area contributed by atoms with Gasteiger partial charge in [0.05, 0.1) is 11.2 Å². The molecule has 102 valence electrons. The van der Waals surface area contributed by atoms with E-state index in [1.165, 1.54) is 16.7 Å². The highest BCUT2D eigenvalue weighted by molar-refractivity contribution is 9.10. The Kier molecular flexibility index (Phi) is 3.83. The summed E-state index contributed by atoms with van der Waals surface area (Å²) in [6, 6.07) is 2.10. The summed E-state index contributed by atoms with van der Waals surface area (Å²) in [6.45, 7) is 10.5. The molecule has 0 saturated heterocycles. The van der Waals surface area contributed by atoms with Crippen LogP contribution in [0.1, 0.15) is 42.1 Å². The molecule has 0 unspecified atom stereocenters. The standard InChI is InChI=1S/C15H20BrN3/c1-7(2)12-10(5)18-11-6-8(3)14(16)9(4)13(11)15(12)19-17/h6-7H,17H2,1-5H3,(H,18,19). The molecule has 0 aliphatic heterocycles. The second kappa shape index (κ2) is 5.10. The minimum absolute atomic E-state index is 0.377. The number of pyridine rings is 1. The zero-order chi connectivity index (χ0) is 14.3. The van der Waals surface area contributed by atoms with Gasteiger partial charge in [-0.1, -0.05) is 29.8 Å². The van der Waals surface area contributed by atoms with Gasteiger partial charge >= 0.3 is 0 Å². The number of nitrogen functional groups attached to an aromatic ring is 1. The van der Waals surface area contributed by atoms with Crippen molar-refractivity contribution in [2.75, 3.05) is 5.43 Å². The van der Waals surface area contributed by atoms with Gasteiger partial charge in [-0.05, 0) is 43.9 Å². The van der Waals surface area contributed by atoms with Gasteiger partial charge in [-0.15, -0.1) is 0 Å². The maximum atomic E-state index is 5.79. The van der Waals surface area contributed by atoms with Gasteiger partial charge in [0.25, 0.3) is 0 Å². The first-order valence-electron chi connectivity index (χ1n) is 6.45. The molecule has 0 aliphatic rings. The van der Waals surface area contributed by atoms with Gasteiger partial charge in [-0.3, -0.25) is 10.8 Å². The molecule has 1 aromatic heterocycles. The first-order chi connectivity index (χ1) is 8.88. The fraction of sp³-hybridized carbons (Fsp3) is 0.400. The minimum atomic E-state index is 0.377. The van der Waals surface area contributed by atoms with Gasteiger partial charge in [-0.2, -0.15) is 0 Å². The number of hydrogen-bond acceptors (Lipinski definition) is 3. The lowest BCUT2D eigenvalue weighted by Gasteiger charge is -2.20. The Hall–Kier alpha value is -1.13. The quantitative estimate of drug-likeness (QED) is 0.639. The van der Waals surface area contributed by atoms with E-state index in [0.29, 0.717) is 5.92 Å². The highest BCUT2D eigenvalue weighted by Crippen LogP contribution is 2.38. The van der Waals surface area contributed by atoms with Crippen LogP contribution in [0, 0.1) is 20.8 Å². The van der Waals surface area contributed by atoms with E-state index in [2.05, 4.69) is 55.1 Å². The van der Waals surface area contributed by atoms with E-state index in [9.17, 15) is 0 Å². The maximum Gasteiger partial charge on any atom is 0.0732 e. The number of nitrogens with one attached hydrogen (secondary N) is 1. The number of nitrogens with zero attached hydrogens (tertiary/aromatic N) is 1. The molecular weight excluding hydrogens is 302 g/mol. The number of hydrazine groups is 1. The van der Waals surface area contributed by atoms with E-state index in [0.717, 1.165) is 26.8 Å². The van der Waals surface area contributed by atoms with Gasteiger partial charge in [0.15, 0.2) is 0 Å². The molecule has 0 aliphatic carbocycles. The second-order valence-corrected chi connectivity index (χ2v) is 6.10. The molecule has 1 heterocycles. The van der Waals surface area contributed by atoms with Crippen molar-refractivity contribution in [2.45, 2.75) is 40.5 Å². The van der Waals surface area contributed by atoms with E-state index in [4.69, 9.17) is 10.8 Å². The number of nitrogens with two attached hydrogens (primary N) is 1. The topological polar surface area (TPSA) is 50.9 Å². The summed E-state index contributed by atoms with van der Waals surface area (Å²) in [5.74, 6) is 6.16. The summed E-state index contributed by atoms with van der Waals surface area (Å²) in [5, 5.41) is 1.11. The van der Waals surface area contributed by atoms with Crippen molar-refractivity contribution in [3.63, 3.8) is 0 Å². The van der Waals surface area contributed by atoms with Crippen LogP contribution in [0.5, 0.6) is 0 Å². The monoisotopic (exact) mass is 321 g/mol. The van der Waals surface area contributed by atoms with Crippen LogP contribution in [0.3, 0.4) is 0 Å². The average Bonchev–Trinajstić information content (AvgIpc) is 2.33. The zero-order valence-electron chi connectivity index (χ0n) is 12.1. The molecule has 19 heavy (non-hydrogen) atoms. The van der Waals surface area contributed by atoms with E-state index >= 15 is 0 Å². The number of aryl methyl sites for hydroxylation is 3. The molecule has 2 rings (SSSR count). The van der Waals surface area contributed by atoms with Gasteiger partial charge in [0.2, 0.25) is 0 Å². The van der Waals surface area contributed by atoms with Crippen LogP contribution in [0.15, 0.2) is 10.5 Å². The molecule has 1 aromatic carbocycles. The van der Waals surface area contributed by atoms with Crippen LogP contribution >= 0.6 is 15.9 Å². The third kappa shape index (κ3) is 2.23. The molecule has 0 radical (unpaired) electrons. The maximum absolute atomic E-state index is 5.79. The Labute approximate surface area is 122 Å². The lowest BCUT2D eigenvalue weighted by atomic mass is 9.94. The van der Waals surface area contributed by atoms with Crippen LogP contribution in [0.4, 0.5) is 5.69 Å². The Morgan fingerprint density at radius 1 is 1.26 bits per heavy atom. The molecule has 0 fully saturated rings. The van der Waals surface area contributed by atoms with Crippen molar-refractivity contribution < 1.29 is 0 Å². The van der Waals surface area contributed by atoms with Crippen LogP contribution in [0.2, 0.25) is 0 Å².